The molecule has 6 nitrogen and oxygen atoms in total. The van der Waals surface area contributed by atoms with Gasteiger partial charge >= 0.3 is 0 Å². The highest BCUT2D eigenvalue weighted by Crippen LogP contribution is 2.75. The van der Waals surface area contributed by atoms with Crippen molar-refractivity contribution in [2.24, 2.45) is 15.9 Å². The van der Waals surface area contributed by atoms with Crippen LogP contribution in [0.2, 0.25) is 0 Å². The SMILES string of the molecule is Cc1c(F)cc([C@@H]2CC=NN2C(O)C23CC(COc4ccc(C#N)cn4)(C2)C3)cc1F. The predicted molar refractivity (Wildman–Crippen MR) is 108 cm³/mol. The van der Waals surface area contributed by atoms with Crippen LogP contribution < -0.4 is 4.74 Å². The molecular formula is C23H22F2N4O2. The molecule has 6 rings (SSSR count). The second kappa shape index (κ2) is 6.99. The maximum atomic E-state index is 14.1. The molecule has 2 heterocycles. The summed E-state index contributed by atoms with van der Waals surface area (Å²) in [5.74, 6) is -0.699. The molecule has 2 atom stereocenters. The topological polar surface area (TPSA) is 81.7 Å². The molecule has 2 aromatic rings. The maximum absolute atomic E-state index is 14.1. The number of nitriles is 1. The first-order valence-corrected chi connectivity index (χ1v) is 10.3. The number of aliphatic hydroxyl groups is 1. The highest BCUT2D eigenvalue weighted by molar-refractivity contribution is 5.61. The lowest BCUT2D eigenvalue weighted by Crippen LogP contribution is -2.71. The molecule has 0 radical (unpaired) electrons. The van der Waals surface area contributed by atoms with Crippen molar-refractivity contribution in [1.29, 1.82) is 5.26 Å². The third-order valence-electron chi connectivity index (χ3n) is 6.92. The van der Waals surface area contributed by atoms with Crippen molar-refractivity contribution in [1.82, 2.24) is 9.99 Å². The molecule has 1 aromatic carbocycles. The van der Waals surface area contributed by atoms with Crippen LogP contribution in [-0.2, 0) is 0 Å². The Kier molecular flexibility index (Phi) is 4.48. The van der Waals surface area contributed by atoms with Crippen LogP contribution in [0.1, 0.15) is 48.4 Å². The fraction of sp³-hybridized carbons (Fsp3) is 0.435. The summed E-state index contributed by atoms with van der Waals surface area (Å²) in [5, 5.41) is 25.8. The number of hydrazone groups is 1. The monoisotopic (exact) mass is 424 g/mol. The molecule has 160 valence electrons. The van der Waals surface area contributed by atoms with Crippen molar-refractivity contribution in [3.63, 3.8) is 0 Å². The van der Waals surface area contributed by atoms with Gasteiger partial charge in [0, 0.05) is 41.3 Å². The zero-order valence-corrected chi connectivity index (χ0v) is 17.1. The van der Waals surface area contributed by atoms with Gasteiger partial charge in [-0.1, -0.05) is 0 Å². The minimum atomic E-state index is -0.821. The van der Waals surface area contributed by atoms with Gasteiger partial charge in [-0.2, -0.15) is 10.4 Å². The van der Waals surface area contributed by atoms with Crippen LogP contribution in [0, 0.1) is 40.7 Å². The Balaban J connectivity index is 1.22. The zero-order chi connectivity index (χ0) is 21.8. The average Bonchev–Trinajstić information content (AvgIpc) is 3.20. The third kappa shape index (κ3) is 3.15. The molecule has 4 aliphatic rings. The van der Waals surface area contributed by atoms with E-state index in [0.29, 0.717) is 30.0 Å². The van der Waals surface area contributed by atoms with Gasteiger partial charge < -0.3 is 9.84 Å². The van der Waals surface area contributed by atoms with E-state index in [0.717, 1.165) is 19.3 Å². The largest absolute Gasteiger partial charge is 0.477 e. The highest BCUT2D eigenvalue weighted by Gasteiger charge is 2.72. The number of pyridine rings is 1. The molecule has 1 aliphatic heterocycles. The van der Waals surface area contributed by atoms with Crippen LogP contribution in [0.25, 0.3) is 0 Å². The third-order valence-corrected chi connectivity index (χ3v) is 6.92. The van der Waals surface area contributed by atoms with Gasteiger partial charge in [-0.05, 0) is 49.9 Å². The number of ether oxygens (including phenoxy) is 1. The summed E-state index contributed by atoms with van der Waals surface area (Å²) in [4.78, 5) is 4.12. The summed E-state index contributed by atoms with van der Waals surface area (Å²) < 4.78 is 33.9. The van der Waals surface area contributed by atoms with Crippen molar-refractivity contribution in [3.8, 4) is 11.9 Å². The van der Waals surface area contributed by atoms with Gasteiger partial charge in [0.25, 0.3) is 0 Å². The highest BCUT2D eigenvalue weighted by atomic mass is 19.1. The van der Waals surface area contributed by atoms with Crippen LogP contribution >= 0.6 is 0 Å². The van der Waals surface area contributed by atoms with Gasteiger partial charge in [0.1, 0.15) is 23.9 Å². The normalized spacial score (nSPS) is 29.1. The molecule has 2 bridgehead atoms. The standard InChI is InChI=1S/C23H22F2N4O2/c1-14-17(24)6-16(7-18(14)25)19-4-5-28-29(19)21(30)23-10-22(11-23,12-23)13-31-20-3-2-15(8-26)9-27-20/h2-3,5-7,9,19,21,30H,4,10-13H2,1H3/t19-,21?,22?,23?/m0/s1. The summed E-state index contributed by atoms with van der Waals surface area (Å²) in [5.41, 5.74) is 0.691. The molecule has 1 N–H and O–H groups in total. The summed E-state index contributed by atoms with van der Waals surface area (Å²) in [6, 6.07) is 7.64. The maximum Gasteiger partial charge on any atom is 0.213 e. The first kappa shape index (κ1) is 19.9. The summed E-state index contributed by atoms with van der Waals surface area (Å²) in [6.07, 6.45) is 5.23. The van der Waals surface area contributed by atoms with E-state index in [9.17, 15) is 13.9 Å². The Morgan fingerprint density at radius 2 is 2.00 bits per heavy atom. The van der Waals surface area contributed by atoms with E-state index >= 15 is 0 Å². The van der Waals surface area contributed by atoms with Crippen LogP contribution in [0.3, 0.4) is 0 Å². The number of aromatic nitrogens is 1. The molecule has 3 aliphatic carbocycles. The summed E-state index contributed by atoms with van der Waals surface area (Å²) in [7, 11) is 0. The van der Waals surface area contributed by atoms with E-state index in [-0.39, 0.29) is 22.4 Å². The molecule has 1 aromatic heterocycles. The summed E-state index contributed by atoms with van der Waals surface area (Å²) in [6.45, 7) is 1.91. The Bertz CT molecular complexity index is 1050. The van der Waals surface area contributed by atoms with Crippen LogP contribution in [0.4, 0.5) is 8.78 Å². The average molecular weight is 424 g/mol. The number of hydrogen-bond donors (Lipinski definition) is 1. The predicted octanol–water partition coefficient (Wildman–Crippen LogP) is 3.84. The van der Waals surface area contributed by atoms with Gasteiger partial charge in [-0.3, -0.25) is 5.01 Å². The first-order chi connectivity index (χ1) is 14.8. The quantitative estimate of drug-likeness (QED) is 0.762. The number of hydrogen-bond acceptors (Lipinski definition) is 6. The van der Waals surface area contributed by atoms with Gasteiger partial charge in [0.05, 0.1) is 18.2 Å². The van der Waals surface area contributed by atoms with Crippen LogP contribution in [0.15, 0.2) is 35.6 Å². The molecule has 3 fully saturated rings. The number of halogens is 2. The van der Waals surface area contributed by atoms with Crippen LogP contribution in [0.5, 0.6) is 5.88 Å². The molecule has 8 heteroatoms. The Labute approximate surface area is 178 Å². The fourth-order valence-corrected chi connectivity index (χ4v) is 5.36. The number of rotatable bonds is 6. The zero-order valence-electron chi connectivity index (χ0n) is 17.1. The molecular weight excluding hydrogens is 402 g/mol. The Hall–Kier alpha value is -3.05. The minimum Gasteiger partial charge on any atom is -0.477 e. The second-order valence-electron chi connectivity index (χ2n) is 9.09. The van der Waals surface area contributed by atoms with Gasteiger partial charge in [0.15, 0.2) is 0 Å². The number of aliphatic hydroxyl groups excluding tert-OH is 1. The lowest BCUT2D eigenvalue weighted by Gasteiger charge is -2.72. The van der Waals surface area contributed by atoms with Crippen molar-refractivity contribution in [2.75, 3.05) is 6.61 Å². The van der Waals surface area contributed by atoms with Crippen LogP contribution in [-0.4, -0.2) is 34.1 Å². The van der Waals surface area contributed by atoms with Gasteiger partial charge in [-0.25, -0.2) is 13.8 Å². The Morgan fingerprint density at radius 3 is 2.61 bits per heavy atom. The van der Waals surface area contributed by atoms with Gasteiger partial charge in [0.2, 0.25) is 5.88 Å². The van der Waals surface area contributed by atoms with E-state index < -0.39 is 17.9 Å². The lowest BCUT2D eigenvalue weighted by atomic mass is 9.34. The van der Waals surface area contributed by atoms with Crippen molar-refractivity contribution < 1.29 is 18.6 Å². The molecule has 1 unspecified atom stereocenters. The minimum absolute atomic E-state index is 0.00659. The molecule has 31 heavy (non-hydrogen) atoms. The van der Waals surface area contributed by atoms with E-state index in [1.165, 1.54) is 25.3 Å². The first-order valence-electron chi connectivity index (χ1n) is 10.3. The Morgan fingerprint density at radius 1 is 1.29 bits per heavy atom. The van der Waals surface area contributed by atoms with Crippen molar-refractivity contribution in [2.45, 2.75) is 44.9 Å². The van der Waals surface area contributed by atoms with E-state index in [2.05, 4.69) is 10.1 Å². The lowest BCUT2D eigenvalue weighted by molar-refractivity contribution is -0.299. The summed E-state index contributed by atoms with van der Waals surface area (Å²) >= 11 is 0. The van der Waals surface area contributed by atoms with E-state index in [1.807, 2.05) is 6.07 Å². The molecule has 0 spiro atoms. The number of benzene rings is 1. The van der Waals surface area contributed by atoms with Crippen molar-refractivity contribution >= 4 is 6.21 Å². The number of nitrogens with zero attached hydrogens (tertiary/aromatic N) is 4. The molecule has 0 amide bonds. The van der Waals surface area contributed by atoms with Crippen molar-refractivity contribution in [3.05, 3.63) is 58.8 Å². The van der Waals surface area contributed by atoms with E-state index in [1.54, 1.807) is 23.4 Å². The smallest absolute Gasteiger partial charge is 0.213 e. The van der Waals surface area contributed by atoms with Gasteiger partial charge in [-0.15, -0.1) is 0 Å². The van der Waals surface area contributed by atoms with E-state index in [4.69, 9.17) is 10.00 Å². The second-order valence-corrected chi connectivity index (χ2v) is 9.09. The molecule has 3 saturated carbocycles. The molecule has 0 saturated heterocycles. The fourth-order valence-electron chi connectivity index (χ4n) is 5.36.